The van der Waals surface area contributed by atoms with Crippen molar-refractivity contribution in [2.75, 3.05) is 18.1 Å². The van der Waals surface area contributed by atoms with Crippen LogP contribution in [0.5, 0.6) is 5.75 Å². The van der Waals surface area contributed by atoms with Crippen LogP contribution in [0.15, 0.2) is 60.8 Å². The van der Waals surface area contributed by atoms with Gasteiger partial charge in [-0.2, -0.15) is 0 Å². The second kappa shape index (κ2) is 11.5. The van der Waals surface area contributed by atoms with Crippen molar-refractivity contribution in [3.63, 3.8) is 0 Å². The molecule has 0 aliphatic carbocycles. The average Bonchev–Trinajstić information content (AvgIpc) is 3.52. The number of nitrogens with zero attached hydrogens (tertiary/aromatic N) is 5. The number of pyridine rings is 1. The second-order valence-corrected chi connectivity index (χ2v) is 10.6. The summed E-state index contributed by atoms with van der Waals surface area (Å²) in [5.74, 6) is 1.01. The number of urea groups is 1. The molecule has 3 amide bonds. The molecule has 12 heteroatoms. The number of rotatable bonds is 8. The number of aromatic nitrogens is 3. The predicted octanol–water partition coefficient (Wildman–Crippen LogP) is 4.35. The summed E-state index contributed by atoms with van der Waals surface area (Å²) in [6.45, 7) is 1.38. The summed E-state index contributed by atoms with van der Waals surface area (Å²) in [5.41, 5.74) is 3.74. The third-order valence-electron chi connectivity index (χ3n) is 7.59. The lowest BCUT2D eigenvalue weighted by Gasteiger charge is -2.26. The first-order chi connectivity index (χ1) is 20.3. The van der Waals surface area contributed by atoms with Gasteiger partial charge in [-0.05, 0) is 41.5 Å². The molecule has 4 aromatic rings. The van der Waals surface area contributed by atoms with Gasteiger partial charge in [0.15, 0.2) is 5.82 Å². The zero-order valence-corrected chi connectivity index (χ0v) is 23.5. The van der Waals surface area contributed by atoms with Gasteiger partial charge in [0, 0.05) is 38.7 Å². The Morgan fingerprint density at radius 1 is 1.14 bits per heavy atom. The van der Waals surface area contributed by atoms with Crippen molar-refractivity contribution in [1.29, 1.82) is 0 Å². The van der Waals surface area contributed by atoms with Crippen LogP contribution in [0.4, 0.5) is 15.0 Å². The van der Waals surface area contributed by atoms with E-state index in [9.17, 15) is 19.1 Å². The number of ether oxygens (including phenoxy) is 1. The topological polar surface area (TPSA) is 113 Å². The van der Waals surface area contributed by atoms with Gasteiger partial charge in [0.25, 0.3) is 0 Å². The first-order valence-electron chi connectivity index (χ1n) is 13.4. The van der Waals surface area contributed by atoms with E-state index in [1.807, 2.05) is 36.4 Å². The molecule has 6 rings (SSSR count). The van der Waals surface area contributed by atoms with E-state index in [-0.39, 0.29) is 38.1 Å². The number of benzene rings is 2. The lowest BCUT2D eigenvalue weighted by Crippen LogP contribution is -2.50. The third-order valence-corrected chi connectivity index (χ3v) is 7.95. The lowest BCUT2D eigenvalue weighted by atomic mass is 10.1. The van der Waals surface area contributed by atoms with E-state index < -0.39 is 11.8 Å². The predicted molar refractivity (Wildman–Crippen MR) is 153 cm³/mol. The van der Waals surface area contributed by atoms with Crippen LogP contribution in [0, 0.1) is 5.82 Å². The number of amides is 3. The van der Waals surface area contributed by atoms with Crippen LogP contribution < -0.4 is 15.0 Å². The quantitative estimate of drug-likeness (QED) is 0.314. The molecule has 1 unspecified atom stereocenters. The van der Waals surface area contributed by atoms with Gasteiger partial charge >= 0.3 is 6.03 Å². The molecule has 4 heterocycles. The van der Waals surface area contributed by atoms with E-state index in [0.717, 1.165) is 16.8 Å². The highest BCUT2D eigenvalue weighted by molar-refractivity contribution is 6.31. The maximum atomic E-state index is 14.0. The molecule has 0 radical (unpaired) electrons. The first kappa shape index (κ1) is 27.8. The van der Waals surface area contributed by atoms with Crippen molar-refractivity contribution in [2.45, 2.75) is 32.2 Å². The number of aliphatic hydroxyl groups is 1. The fourth-order valence-electron chi connectivity index (χ4n) is 5.34. The average molecular weight is 591 g/mol. The highest BCUT2D eigenvalue weighted by atomic mass is 35.5. The molecular weight excluding hydrogens is 563 g/mol. The van der Waals surface area contributed by atoms with Crippen molar-refractivity contribution < 1.29 is 23.8 Å². The SMILES string of the molecule is Cn1c(N2CCC(=O)NC2=O)cnc1-c1ccc2c(n1)C(CO)N(Cc1ccc(OCc3c(F)cccc3Cl)cc1)C2. The standard InChI is InChI=1S/C30H28ClFN6O4/c1-36-27(38-12-11-26(40)35-30(38)41)13-33-29(36)24-10-7-19-15-37(25(16-39)28(19)34-24)14-18-5-8-20(9-6-18)42-17-21-22(31)3-2-4-23(21)32/h2-10,13,25,39H,11-12,14-17H2,1H3,(H,35,40,41). The number of carbonyl (C=O) groups excluding carboxylic acids is 2. The minimum absolute atomic E-state index is 0.0231. The second-order valence-electron chi connectivity index (χ2n) is 10.2. The molecule has 2 aromatic carbocycles. The van der Waals surface area contributed by atoms with Gasteiger partial charge in [-0.3, -0.25) is 19.9 Å². The van der Waals surface area contributed by atoms with E-state index in [1.165, 1.54) is 11.0 Å². The van der Waals surface area contributed by atoms with E-state index in [2.05, 4.69) is 15.2 Å². The molecule has 1 saturated heterocycles. The van der Waals surface area contributed by atoms with Crippen molar-refractivity contribution >= 4 is 29.4 Å². The molecule has 42 heavy (non-hydrogen) atoms. The number of anilines is 1. The number of imidazole rings is 1. The van der Waals surface area contributed by atoms with Crippen molar-refractivity contribution in [3.8, 4) is 17.3 Å². The van der Waals surface area contributed by atoms with E-state index in [4.69, 9.17) is 21.3 Å². The summed E-state index contributed by atoms with van der Waals surface area (Å²) in [6.07, 6.45) is 1.81. The van der Waals surface area contributed by atoms with Crippen LogP contribution in [0.2, 0.25) is 5.02 Å². The van der Waals surface area contributed by atoms with Gasteiger partial charge in [-0.1, -0.05) is 35.9 Å². The Balaban J connectivity index is 1.15. The molecule has 10 nitrogen and oxygen atoms in total. The minimum atomic E-state index is -0.479. The van der Waals surface area contributed by atoms with Gasteiger partial charge in [0.1, 0.15) is 29.7 Å². The summed E-state index contributed by atoms with van der Waals surface area (Å²) in [4.78, 5) is 36.9. The molecular formula is C30H28ClFN6O4. The first-order valence-corrected chi connectivity index (χ1v) is 13.8. The molecule has 2 aliphatic rings. The molecule has 0 bridgehead atoms. The maximum absolute atomic E-state index is 14.0. The maximum Gasteiger partial charge on any atom is 0.329 e. The van der Waals surface area contributed by atoms with Gasteiger partial charge in [-0.15, -0.1) is 0 Å². The van der Waals surface area contributed by atoms with Crippen LogP contribution in [0.25, 0.3) is 11.5 Å². The Hall–Kier alpha value is -4.32. The summed E-state index contributed by atoms with van der Waals surface area (Å²) in [6, 6.07) is 15.2. The minimum Gasteiger partial charge on any atom is -0.489 e. The van der Waals surface area contributed by atoms with Crippen LogP contribution in [0.3, 0.4) is 0 Å². The molecule has 1 fully saturated rings. The summed E-state index contributed by atoms with van der Waals surface area (Å²) in [5, 5.41) is 13.0. The van der Waals surface area contributed by atoms with Crippen LogP contribution >= 0.6 is 11.6 Å². The van der Waals surface area contributed by atoms with E-state index >= 15 is 0 Å². The van der Waals surface area contributed by atoms with Crippen LogP contribution in [0.1, 0.15) is 34.8 Å². The Morgan fingerprint density at radius 2 is 1.95 bits per heavy atom. The zero-order chi connectivity index (χ0) is 29.4. The van der Waals surface area contributed by atoms with Crippen molar-refractivity contribution in [1.82, 2.24) is 24.8 Å². The lowest BCUT2D eigenvalue weighted by molar-refractivity contribution is -0.120. The zero-order valence-electron chi connectivity index (χ0n) is 22.8. The number of hydrogen-bond donors (Lipinski definition) is 2. The largest absolute Gasteiger partial charge is 0.489 e. The number of aliphatic hydroxyl groups excluding tert-OH is 1. The normalized spacial score (nSPS) is 17.0. The Bertz CT molecular complexity index is 1640. The fraction of sp³-hybridized carbons (Fsp3) is 0.267. The number of fused-ring (bicyclic) bond motifs is 1. The fourth-order valence-corrected chi connectivity index (χ4v) is 5.56. The highest BCUT2D eigenvalue weighted by Crippen LogP contribution is 2.35. The number of nitrogens with one attached hydrogen (secondary N) is 1. The molecule has 1 atom stereocenters. The van der Waals surface area contributed by atoms with Gasteiger partial charge < -0.3 is 14.4 Å². The Morgan fingerprint density at radius 3 is 2.69 bits per heavy atom. The molecule has 0 spiro atoms. The Labute approximate surface area is 246 Å². The molecule has 2 aromatic heterocycles. The summed E-state index contributed by atoms with van der Waals surface area (Å²) in [7, 11) is 1.80. The number of imide groups is 1. The van der Waals surface area contributed by atoms with E-state index in [1.54, 1.807) is 29.9 Å². The molecule has 2 N–H and O–H groups in total. The van der Waals surface area contributed by atoms with Crippen molar-refractivity contribution in [2.24, 2.45) is 7.05 Å². The van der Waals surface area contributed by atoms with Crippen LogP contribution in [-0.2, 0) is 31.5 Å². The third kappa shape index (κ3) is 5.34. The monoisotopic (exact) mass is 590 g/mol. The van der Waals surface area contributed by atoms with Crippen molar-refractivity contribution in [3.05, 3.63) is 94.0 Å². The van der Waals surface area contributed by atoms with Gasteiger partial charge in [0.05, 0.1) is 29.6 Å². The van der Waals surface area contributed by atoms with Gasteiger partial charge in [0.2, 0.25) is 5.91 Å². The number of carbonyl (C=O) groups is 2. The smallest absolute Gasteiger partial charge is 0.329 e. The van der Waals surface area contributed by atoms with Crippen LogP contribution in [-0.4, -0.2) is 49.6 Å². The summed E-state index contributed by atoms with van der Waals surface area (Å²) < 4.78 is 21.6. The molecule has 216 valence electrons. The number of halogens is 2. The molecule has 2 aliphatic heterocycles. The Kier molecular flexibility index (Phi) is 7.63. The number of hydrogen-bond acceptors (Lipinski definition) is 7. The summed E-state index contributed by atoms with van der Waals surface area (Å²) >= 11 is 6.09. The van der Waals surface area contributed by atoms with Gasteiger partial charge in [-0.25, -0.2) is 19.2 Å². The van der Waals surface area contributed by atoms with E-state index in [0.29, 0.717) is 46.8 Å². The highest BCUT2D eigenvalue weighted by Gasteiger charge is 2.32. The molecule has 0 saturated carbocycles.